The molecule has 0 aliphatic rings. The Balaban J connectivity index is 1.58. The van der Waals surface area contributed by atoms with E-state index in [-0.39, 0.29) is 11.8 Å². The maximum absolute atomic E-state index is 12.5. The van der Waals surface area contributed by atoms with Gasteiger partial charge in [-0.05, 0) is 59.2 Å². The van der Waals surface area contributed by atoms with Crippen LogP contribution in [-0.2, 0) is 6.54 Å². The normalized spacial score (nSPS) is 10.6. The third-order valence-corrected chi connectivity index (χ3v) is 4.80. The molecule has 0 aromatic heterocycles. The molecule has 0 aliphatic heterocycles. The first-order valence-electron chi connectivity index (χ1n) is 9.16. The van der Waals surface area contributed by atoms with E-state index in [1.54, 1.807) is 12.1 Å². The summed E-state index contributed by atoms with van der Waals surface area (Å²) < 4.78 is 1.01. The van der Waals surface area contributed by atoms with Gasteiger partial charge in [-0.2, -0.15) is 0 Å². The number of halogens is 1. The number of carbonyl (C=O) groups excluding carboxylic acids is 2. The van der Waals surface area contributed by atoms with E-state index >= 15 is 0 Å². The van der Waals surface area contributed by atoms with E-state index in [9.17, 15) is 9.59 Å². The monoisotopic (exact) mass is 439 g/mol. The standard InChI is InChI=1S/C22H22BrN3O2/c1-2-11-25-26-22(28)16-5-3-15(4-6-16)14-24-21(27)19-8-7-18-13-20(23)10-9-17(18)12-19/h3-10,12-13,25H,2,11,14H2,1H3,(H,24,27)(H,26,28). The van der Waals surface area contributed by atoms with Gasteiger partial charge in [-0.1, -0.05) is 47.1 Å². The van der Waals surface area contributed by atoms with E-state index < -0.39 is 0 Å². The Morgan fingerprint density at radius 1 is 0.857 bits per heavy atom. The Hall–Kier alpha value is -2.70. The SMILES string of the molecule is CCCNNC(=O)c1ccc(CNC(=O)c2ccc3cc(Br)ccc3c2)cc1. The fourth-order valence-electron chi connectivity index (χ4n) is 2.76. The predicted octanol–water partition coefficient (Wildman–Crippen LogP) is 4.18. The highest BCUT2D eigenvalue weighted by molar-refractivity contribution is 9.10. The van der Waals surface area contributed by atoms with Crippen LogP contribution in [0.2, 0.25) is 0 Å². The number of nitrogens with one attached hydrogen (secondary N) is 3. The molecular formula is C22H22BrN3O2. The van der Waals surface area contributed by atoms with Gasteiger partial charge in [0.25, 0.3) is 11.8 Å². The lowest BCUT2D eigenvalue weighted by atomic mass is 10.1. The molecule has 5 nitrogen and oxygen atoms in total. The van der Waals surface area contributed by atoms with Gasteiger partial charge in [0.05, 0.1) is 0 Å². The third kappa shape index (κ3) is 5.18. The molecule has 0 heterocycles. The maximum atomic E-state index is 12.5. The smallest absolute Gasteiger partial charge is 0.265 e. The topological polar surface area (TPSA) is 70.2 Å². The molecule has 0 saturated carbocycles. The summed E-state index contributed by atoms with van der Waals surface area (Å²) in [5, 5.41) is 5.01. The number of hydrazine groups is 1. The van der Waals surface area contributed by atoms with Gasteiger partial charge >= 0.3 is 0 Å². The second kappa shape index (κ2) is 9.48. The Morgan fingerprint density at radius 2 is 1.54 bits per heavy atom. The number of fused-ring (bicyclic) bond motifs is 1. The number of carbonyl (C=O) groups is 2. The molecule has 0 saturated heterocycles. The number of amides is 2. The molecule has 3 N–H and O–H groups in total. The van der Waals surface area contributed by atoms with E-state index in [0.717, 1.165) is 33.8 Å². The molecular weight excluding hydrogens is 418 g/mol. The van der Waals surface area contributed by atoms with Crippen LogP contribution in [0.25, 0.3) is 10.8 Å². The van der Waals surface area contributed by atoms with Crippen LogP contribution in [0.3, 0.4) is 0 Å². The Morgan fingerprint density at radius 3 is 2.29 bits per heavy atom. The second-order valence-electron chi connectivity index (χ2n) is 6.47. The highest BCUT2D eigenvalue weighted by Crippen LogP contribution is 2.21. The maximum Gasteiger partial charge on any atom is 0.265 e. The van der Waals surface area contributed by atoms with Crippen LogP contribution in [0.1, 0.15) is 39.6 Å². The fraction of sp³-hybridized carbons (Fsp3) is 0.182. The van der Waals surface area contributed by atoms with Crippen LogP contribution in [0.4, 0.5) is 0 Å². The summed E-state index contributed by atoms with van der Waals surface area (Å²) >= 11 is 3.45. The van der Waals surface area contributed by atoms with Crippen molar-refractivity contribution in [3.05, 3.63) is 81.8 Å². The molecule has 0 radical (unpaired) electrons. The molecule has 3 rings (SSSR count). The van der Waals surface area contributed by atoms with Crippen molar-refractivity contribution in [2.45, 2.75) is 19.9 Å². The summed E-state index contributed by atoms with van der Waals surface area (Å²) in [6, 6.07) is 18.8. The number of hydrogen-bond acceptors (Lipinski definition) is 3. The van der Waals surface area contributed by atoms with Gasteiger partial charge in [0.2, 0.25) is 0 Å². The molecule has 144 valence electrons. The summed E-state index contributed by atoms with van der Waals surface area (Å²) in [4.78, 5) is 24.4. The van der Waals surface area contributed by atoms with Crippen LogP contribution in [0, 0.1) is 0 Å². The lowest BCUT2D eigenvalue weighted by Gasteiger charge is -2.09. The highest BCUT2D eigenvalue weighted by Gasteiger charge is 2.08. The van der Waals surface area contributed by atoms with Gasteiger partial charge in [0.15, 0.2) is 0 Å². The molecule has 0 bridgehead atoms. The molecule has 0 spiro atoms. The summed E-state index contributed by atoms with van der Waals surface area (Å²) in [6.07, 6.45) is 0.938. The number of hydrogen-bond donors (Lipinski definition) is 3. The zero-order valence-electron chi connectivity index (χ0n) is 15.6. The van der Waals surface area contributed by atoms with Crippen molar-refractivity contribution in [2.24, 2.45) is 0 Å². The van der Waals surface area contributed by atoms with Crippen molar-refractivity contribution in [2.75, 3.05) is 6.54 Å². The van der Waals surface area contributed by atoms with E-state index in [0.29, 0.717) is 17.7 Å². The van der Waals surface area contributed by atoms with Gasteiger partial charge in [-0.25, -0.2) is 5.43 Å². The summed E-state index contributed by atoms with van der Waals surface area (Å²) in [5.41, 5.74) is 7.62. The van der Waals surface area contributed by atoms with E-state index in [2.05, 4.69) is 32.1 Å². The minimum Gasteiger partial charge on any atom is -0.348 e. The fourth-order valence-corrected chi connectivity index (χ4v) is 3.13. The molecule has 0 fully saturated rings. The summed E-state index contributed by atoms with van der Waals surface area (Å²) in [7, 11) is 0. The molecule has 6 heteroatoms. The molecule has 0 unspecified atom stereocenters. The van der Waals surface area contributed by atoms with Crippen molar-refractivity contribution in [1.82, 2.24) is 16.2 Å². The highest BCUT2D eigenvalue weighted by atomic mass is 79.9. The molecule has 28 heavy (non-hydrogen) atoms. The van der Waals surface area contributed by atoms with Gasteiger partial charge < -0.3 is 5.32 Å². The number of benzene rings is 3. The van der Waals surface area contributed by atoms with Crippen molar-refractivity contribution < 1.29 is 9.59 Å². The molecule has 0 atom stereocenters. The first-order valence-corrected chi connectivity index (χ1v) is 9.96. The van der Waals surface area contributed by atoms with Gasteiger partial charge in [0, 0.05) is 28.7 Å². The van der Waals surface area contributed by atoms with Crippen molar-refractivity contribution in [1.29, 1.82) is 0 Å². The summed E-state index contributed by atoms with van der Waals surface area (Å²) in [6.45, 7) is 3.15. The quantitative estimate of drug-likeness (QED) is 0.382. The minimum absolute atomic E-state index is 0.129. The van der Waals surface area contributed by atoms with Gasteiger partial charge in [0.1, 0.15) is 0 Å². The zero-order chi connectivity index (χ0) is 19.9. The molecule has 0 aliphatic carbocycles. The zero-order valence-corrected chi connectivity index (χ0v) is 17.2. The lowest BCUT2D eigenvalue weighted by molar-refractivity contribution is 0.0929. The van der Waals surface area contributed by atoms with Crippen LogP contribution in [0.15, 0.2) is 65.1 Å². The first kappa shape index (κ1) is 20.0. The van der Waals surface area contributed by atoms with E-state index in [1.807, 2.05) is 55.5 Å². The largest absolute Gasteiger partial charge is 0.348 e. The number of rotatable bonds is 7. The second-order valence-corrected chi connectivity index (χ2v) is 7.38. The average molecular weight is 440 g/mol. The molecule has 3 aromatic rings. The van der Waals surface area contributed by atoms with E-state index in [1.165, 1.54) is 0 Å². The lowest BCUT2D eigenvalue weighted by Crippen LogP contribution is -2.37. The van der Waals surface area contributed by atoms with Gasteiger partial charge in [-0.15, -0.1) is 0 Å². The van der Waals surface area contributed by atoms with E-state index in [4.69, 9.17) is 0 Å². The minimum atomic E-state index is -0.174. The van der Waals surface area contributed by atoms with Crippen LogP contribution < -0.4 is 16.2 Å². The Bertz CT molecular complexity index is 987. The van der Waals surface area contributed by atoms with Crippen molar-refractivity contribution in [3.8, 4) is 0 Å². The summed E-state index contributed by atoms with van der Waals surface area (Å²) in [5.74, 6) is -0.303. The van der Waals surface area contributed by atoms with Gasteiger partial charge in [-0.3, -0.25) is 15.0 Å². The average Bonchev–Trinajstić information content (AvgIpc) is 2.72. The van der Waals surface area contributed by atoms with Crippen LogP contribution >= 0.6 is 15.9 Å². The Kier molecular flexibility index (Phi) is 6.79. The van der Waals surface area contributed by atoms with Crippen molar-refractivity contribution >= 4 is 38.5 Å². The predicted molar refractivity (Wildman–Crippen MR) is 115 cm³/mol. The molecule has 3 aromatic carbocycles. The third-order valence-electron chi connectivity index (χ3n) is 4.31. The molecule has 2 amide bonds. The Labute approximate surface area is 172 Å². The van der Waals surface area contributed by atoms with Crippen LogP contribution in [-0.4, -0.2) is 18.4 Å². The first-order chi connectivity index (χ1) is 13.6. The van der Waals surface area contributed by atoms with Crippen molar-refractivity contribution in [3.63, 3.8) is 0 Å². The van der Waals surface area contributed by atoms with Crippen LogP contribution in [0.5, 0.6) is 0 Å².